The second kappa shape index (κ2) is 5.03. The zero-order valence-electron chi connectivity index (χ0n) is 10.6. The highest BCUT2D eigenvalue weighted by Crippen LogP contribution is 2.29. The van der Waals surface area contributed by atoms with Crippen LogP contribution in [0.3, 0.4) is 0 Å². The van der Waals surface area contributed by atoms with Crippen molar-refractivity contribution < 1.29 is 9.18 Å². The van der Waals surface area contributed by atoms with Crippen LogP contribution in [-0.2, 0) is 4.79 Å². The van der Waals surface area contributed by atoms with Crippen LogP contribution in [0.1, 0.15) is 39.5 Å². The Balaban J connectivity index is 2.16. The van der Waals surface area contributed by atoms with E-state index in [1.165, 1.54) is 12.5 Å². The van der Waals surface area contributed by atoms with Crippen molar-refractivity contribution >= 4 is 5.91 Å². The van der Waals surface area contributed by atoms with E-state index in [2.05, 4.69) is 6.92 Å². The lowest BCUT2D eigenvalue weighted by Gasteiger charge is -2.32. The van der Waals surface area contributed by atoms with Gasteiger partial charge in [0.2, 0.25) is 0 Å². The van der Waals surface area contributed by atoms with Gasteiger partial charge in [-0.05, 0) is 44.6 Å². The van der Waals surface area contributed by atoms with Gasteiger partial charge in [-0.3, -0.25) is 4.79 Å². The van der Waals surface area contributed by atoms with E-state index in [0.29, 0.717) is 17.9 Å². The number of hydrogen-bond acceptors (Lipinski definition) is 1. The lowest BCUT2D eigenvalue weighted by atomic mass is 9.94. The Morgan fingerprint density at radius 2 is 2.29 bits per heavy atom. The number of carbonyl (C=O) groups excluding carboxylic acids is 1. The SMILES string of the molecule is CC1=C(C(=O)N2CCCC(C)C2)C(F)=CCC1. The van der Waals surface area contributed by atoms with Gasteiger partial charge in [-0.2, -0.15) is 0 Å². The zero-order chi connectivity index (χ0) is 12.4. The zero-order valence-corrected chi connectivity index (χ0v) is 10.6. The number of halogens is 1. The second-order valence-corrected chi connectivity index (χ2v) is 5.24. The largest absolute Gasteiger partial charge is 0.338 e. The Hall–Kier alpha value is -1.12. The monoisotopic (exact) mass is 237 g/mol. The van der Waals surface area contributed by atoms with Crippen LogP contribution in [0.2, 0.25) is 0 Å². The minimum Gasteiger partial charge on any atom is -0.338 e. The molecule has 2 rings (SSSR count). The third-order valence-electron chi connectivity index (χ3n) is 3.67. The minimum absolute atomic E-state index is 0.109. The smallest absolute Gasteiger partial charge is 0.256 e. The summed E-state index contributed by atoms with van der Waals surface area (Å²) >= 11 is 0. The van der Waals surface area contributed by atoms with Gasteiger partial charge >= 0.3 is 0 Å². The summed E-state index contributed by atoms with van der Waals surface area (Å²) in [6.07, 6.45) is 5.25. The van der Waals surface area contributed by atoms with E-state index in [1.54, 1.807) is 0 Å². The van der Waals surface area contributed by atoms with E-state index in [0.717, 1.165) is 31.5 Å². The Morgan fingerprint density at radius 1 is 1.53 bits per heavy atom. The van der Waals surface area contributed by atoms with E-state index in [4.69, 9.17) is 0 Å². The van der Waals surface area contributed by atoms with Crippen LogP contribution in [-0.4, -0.2) is 23.9 Å². The summed E-state index contributed by atoms with van der Waals surface area (Å²) in [7, 11) is 0. The van der Waals surface area contributed by atoms with Crippen LogP contribution in [0.4, 0.5) is 4.39 Å². The highest BCUT2D eigenvalue weighted by atomic mass is 19.1. The molecule has 0 spiro atoms. The fourth-order valence-corrected chi connectivity index (χ4v) is 2.66. The van der Waals surface area contributed by atoms with Crippen LogP contribution in [0.5, 0.6) is 0 Å². The molecule has 94 valence electrons. The first-order valence-electron chi connectivity index (χ1n) is 6.44. The maximum absolute atomic E-state index is 13.8. The summed E-state index contributed by atoms with van der Waals surface area (Å²) in [6.45, 7) is 5.55. The summed E-state index contributed by atoms with van der Waals surface area (Å²) in [5, 5.41) is 0. The molecule has 1 amide bonds. The molecule has 3 heteroatoms. The average molecular weight is 237 g/mol. The van der Waals surface area contributed by atoms with Gasteiger partial charge in [0.25, 0.3) is 5.91 Å². The number of amides is 1. The molecule has 0 aromatic heterocycles. The Labute approximate surface area is 102 Å². The second-order valence-electron chi connectivity index (χ2n) is 5.24. The third kappa shape index (κ3) is 2.59. The standard InChI is InChI=1S/C14H20FNO/c1-10-5-4-8-16(9-10)14(17)13-11(2)6-3-7-12(13)15/h7,10H,3-6,8-9H2,1-2H3. The summed E-state index contributed by atoms with van der Waals surface area (Å²) in [5.74, 6) is 0.101. The normalized spacial score (nSPS) is 25.9. The van der Waals surface area contributed by atoms with E-state index in [1.807, 2.05) is 11.8 Å². The lowest BCUT2D eigenvalue weighted by Crippen LogP contribution is -2.40. The van der Waals surface area contributed by atoms with Gasteiger partial charge in [-0.25, -0.2) is 4.39 Å². The van der Waals surface area contributed by atoms with Crippen LogP contribution in [0.15, 0.2) is 23.0 Å². The molecule has 1 aliphatic carbocycles. The van der Waals surface area contributed by atoms with Crippen molar-refractivity contribution in [2.75, 3.05) is 13.1 Å². The Kier molecular flexibility index (Phi) is 3.65. The number of piperidine rings is 1. The lowest BCUT2D eigenvalue weighted by molar-refractivity contribution is -0.128. The molecule has 0 aromatic rings. The van der Waals surface area contributed by atoms with E-state index in [-0.39, 0.29) is 11.7 Å². The molecule has 1 fully saturated rings. The summed E-state index contributed by atoms with van der Waals surface area (Å²) in [6, 6.07) is 0. The third-order valence-corrected chi connectivity index (χ3v) is 3.67. The predicted octanol–water partition coefficient (Wildman–Crippen LogP) is 3.21. The molecular formula is C14H20FNO. The Bertz CT molecular complexity index is 384. The number of carbonyl (C=O) groups is 1. The van der Waals surface area contributed by atoms with Gasteiger partial charge in [-0.1, -0.05) is 12.5 Å². The number of hydrogen-bond donors (Lipinski definition) is 0. The van der Waals surface area contributed by atoms with Gasteiger partial charge in [0.05, 0.1) is 5.57 Å². The van der Waals surface area contributed by atoms with E-state index >= 15 is 0 Å². The first-order valence-corrected chi connectivity index (χ1v) is 6.44. The summed E-state index contributed by atoms with van der Waals surface area (Å²) < 4.78 is 13.8. The molecule has 0 radical (unpaired) electrons. The number of likely N-dealkylation sites (tertiary alicyclic amines) is 1. The molecule has 2 nitrogen and oxygen atoms in total. The first kappa shape index (κ1) is 12.3. The molecule has 1 aliphatic heterocycles. The average Bonchev–Trinajstić information content (AvgIpc) is 2.28. The quantitative estimate of drug-likeness (QED) is 0.685. The van der Waals surface area contributed by atoms with Crippen molar-refractivity contribution in [1.29, 1.82) is 0 Å². The molecule has 0 N–H and O–H groups in total. The van der Waals surface area contributed by atoms with E-state index in [9.17, 15) is 9.18 Å². The number of nitrogens with zero attached hydrogens (tertiary/aromatic N) is 1. The predicted molar refractivity (Wildman–Crippen MR) is 66.1 cm³/mol. The molecule has 1 unspecified atom stereocenters. The van der Waals surface area contributed by atoms with Crippen molar-refractivity contribution in [2.24, 2.45) is 5.92 Å². The van der Waals surface area contributed by atoms with Gasteiger partial charge in [0.1, 0.15) is 5.83 Å². The van der Waals surface area contributed by atoms with Crippen LogP contribution < -0.4 is 0 Å². The summed E-state index contributed by atoms with van der Waals surface area (Å²) in [4.78, 5) is 14.1. The maximum atomic E-state index is 13.8. The molecule has 1 atom stereocenters. The molecule has 17 heavy (non-hydrogen) atoms. The fraction of sp³-hybridized carbons (Fsp3) is 0.643. The van der Waals surface area contributed by atoms with Gasteiger partial charge in [0, 0.05) is 13.1 Å². The van der Waals surface area contributed by atoms with Crippen molar-refractivity contribution in [3.05, 3.63) is 23.0 Å². The van der Waals surface area contributed by atoms with E-state index < -0.39 is 0 Å². The maximum Gasteiger partial charge on any atom is 0.256 e. The van der Waals surface area contributed by atoms with Crippen molar-refractivity contribution in [1.82, 2.24) is 4.90 Å². The van der Waals surface area contributed by atoms with Crippen molar-refractivity contribution in [3.63, 3.8) is 0 Å². The molecule has 0 saturated carbocycles. The fourth-order valence-electron chi connectivity index (χ4n) is 2.66. The van der Waals surface area contributed by atoms with Crippen molar-refractivity contribution in [2.45, 2.75) is 39.5 Å². The van der Waals surface area contributed by atoms with Crippen LogP contribution >= 0.6 is 0 Å². The Morgan fingerprint density at radius 3 is 2.94 bits per heavy atom. The molecule has 0 bridgehead atoms. The van der Waals surface area contributed by atoms with Gasteiger partial charge < -0.3 is 4.90 Å². The van der Waals surface area contributed by atoms with Gasteiger partial charge in [0.15, 0.2) is 0 Å². The molecule has 1 saturated heterocycles. The summed E-state index contributed by atoms with van der Waals surface area (Å²) in [5.41, 5.74) is 1.22. The van der Waals surface area contributed by atoms with Crippen LogP contribution in [0.25, 0.3) is 0 Å². The van der Waals surface area contributed by atoms with Gasteiger partial charge in [-0.15, -0.1) is 0 Å². The molecule has 1 heterocycles. The molecule has 2 aliphatic rings. The number of allylic oxidation sites excluding steroid dienone is 2. The molecular weight excluding hydrogens is 217 g/mol. The molecule has 0 aromatic carbocycles. The first-order chi connectivity index (χ1) is 8.09. The highest BCUT2D eigenvalue weighted by Gasteiger charge is 2.27. The highest BCUT2D eigenvalue weighted by molar-refractivity contribution is 5.98. The minimum atomic E-state index is -0.322. The number of rotatable bonds is 1. The topological polar surface area (TPSA) is 20.3 Å². The van der Waals surface area contributed by atoms with Crippen LogP contribution in [0, 0.1) is 5.92 Å². The van der Waals surface area contributed by atoms with Crippen molar-refractivity contribution in [3.8, 4) is 0 Å².